The lowest BCUT2D eigenvalue weighted by Crippen LogP contribution is -1.55. The van der Waals surface area contributed by atoms with Crippen LogP contribution in [0.5, 0.6) is 0 Å². The number of halogens is 1. The van der Waals surface area contributed by atoms with E-state index >= 15 is 0 Å². The summed E-state index contributed by atoms with van der Waals surface area (Å²) in [5.41, 5.74) is 0. The third-order valence-electron chi connectivity index (χ3n) is 0.815. The molecule has 0 aliphatic carbocycles. The molecule has 1 rings (SSSR count). The Morgan fingerprint density at radius 2 is 2.30 bits per heavy atom. The van der Waals surface area contributed by atoms with Crippen molar-refractivity contribution in [2.75, 3.05) is 0 Å². The van der Waals surface area contributed by atoms with E-state index in [0.29, 0.717) is 4.34 Å². The summed E-state index contributed by atoms with van der Waals surface area (Å²) >= 11 is 6.98. The Bertz CT molecular complexity index is 323. The highest BCUT2D eigenvalue weighted by atomic mass is 35.5. The molecule has 1 aromatic heterocycles. The van der Waals surface area contributed by atoms with Crippen LogP contribution in [0.1, 0.15) is 4.88 Å². The van der Waals surface area contributed by atoms with Gasteiger partial charge in [-0.15, -0.1) is 11.3 Å². The fourth-order valence-corrected chi connectivity index (χ4v) is 1.37. The molecule has 0 unspecified atom stereocenters. The van der Waals surface area contributed by atoms with Gasteiger partial charge in [-0.2, -0.15) is 5.26 Å². The first-order chi connectivity index (χ1) is 4.83. The lowest BCUT2D eigenvalue weighted by Gasteiger charge is -1.70. The monoisotopic (exact) mass is 167 g/mol. The van der Waals surface area contributed by atoms with Crippen molar-refractivity contribution >= 4 is 22.9 Å². The molecule has 0 aliphatic rings. The molecule has 0 bridgehead atoms. The SMILES string of the molecule is N#CC#Cc1ccc(Cl)s1. The van der Waals surface area contributed by atoms with Crippen LogP contribution in [0.4, 0.5) is 0 Å². The molecule has 0 aliphatic heterocycles. The van der Waals surface area contributed by atoms with E-state index in [1.165, 1.54) is 11.3 Å². The molecule has 1 heterocycles. The molecule has 0 radical (unpaired) electrons. The van der Waals surface area contributed by atoms with E-state index in [4.69, 9.17) is 16.9 Å². The Morgan fingerprint density at radius 1 is 1.50 bits per heavy atom. The summed E-state index contributed by atoms with van der Waals surface area (Å²) in [6.07, 6.45) is 0. The minimum atomic E-state index is 0.697. The Hall–Kier alpha value is -0.960. The molecular formula is C7H2ClNS. The molecule has 0 saturated heterocycles. The van der Waals surface area contributed by atoms with Gasteiger partial charge in [0.2, 0.25) is 0 Å². The van der Waals surface area contributed by atoms with E-state index in [-0.39, 0.29) is 0 Å². The van der Waals surface area contributed by atoms with Crippen LogP contribution >= 0.6 is 22.9 Å². The standard InChI is InChI=1S/C7H2ClNS/c8-7-4-3-6(10-7)2-1-5-9/h3-4H. The van der Waals surface area contributed by atoms with Gasteiger partial charge in [-0.25, -0.2) is 0 Å². The summed E-state index contributed by atoms with van der Waals surface area (Å²) in [6, 6.07) is 5.27. The number of hydrogen-bond acceptors (Lipinski definition) is 2. The van der Waals surface area contributed by atoms with Gasteiger partial charge in [-0.3, -0.25) is 0 Å². The molecule has 0 saturated carbocycles. The maximum absolute atomic E-state index is 8.08. The van der Waals surface area contributed by atoms with Gasteiger partial charge in [-0.05, 0) is 18.1 Å². The second-order valence-electron chi connectivity index (χ2n) is 1.47. The third-order valence-corrected chi connectivity index (χ3v) is 1.96. The van der Waals surface area contributed by atoms with Crippen molar-refractivity contribution < 1.29 is 0 Å². The number of rotatable bonds is 0. The number of thiophene rings is 1. The number of nitriles is 1. The molecule has 0 atom stereocenters. The largest absolute Gasteiger partial charge is 0.183 e. The predicted molar refractivity (Wildman–Crippen MR) is 41.8 cm³/mol. The molecule has 0 amide bonds. The topological polar surface area (TPSA) is 23.8 Å². The summed E-state index contributed by atoms with van der Waals surface area (Å²) in [7, 11) is 0. The van der Waals surface area contributed by atoms with Crippen LogP contribution in [0.25, 0.3) is 0 Å². The van der Waals surface area contributed by atoms with E-state index in [0.717, 1.165) is 4.88 Å². The normalized spacial score (nSPS) is 7.60. The van der Waals surface area contributed by atoms with E-state index in [2.05, 4.69) is 11.8 Å². The van der Waals surface area contributed by atoms with Crippen LogP contribution in [0, 0.1) is 23.2 Å². The van der Waals surface area contributed by atoms with Gasteiger partial charge < -0.3 is 0 Å². The summed E-state index contributed by atoms with van der Waals surface area (Å²) < 4.78 is 0.697. The zero-order chi connectivity index (χ0) is 7.40. The highest BCUT2D eigenvalue weighted by molar-refractivity contribution is 7.16. The van der Waals surface area contributed by atoms with Crippen LogP contribution in [-0.2, 0) is 0 Å². The molecular weight excluding hydrogens is 166 g/mol. The molecule has 0 spiro atoms. The van der Waals surface area contributed by atoms with Crippen molar-refractivity contribution in [1.82, 2.24) is 0 Å². The van der Waals surface area contributed by atoms with Crippen molar-refractivity contribution in [3.8, 4) is 17.9 Å². The van der Waals surface area contributed by atoms with Crippen LogP contribution < -0.4 is 0 Å². The van der Waals surface area contributed by atoms with Crippen LogP contribution in [0.3, 0.4) is 0 Å². The highest BCUT2D eigenvalue weighted by Crippen LogP contribution is 2.19. The van der Waals surface area contributed by atoms with Gasteiger partial charge in [0.1, 0.15) is 0 Å². The highest BCUT2D eigenvalue weighted by Gasteiger charge is 1.90. The Kier molecular flexibility index (Phi) is 2.34. The average Bonchev–Trinajstić information content (AvgIpc) is 2.31. The lowest BCUT2D eigenvalue weighted by atomic mass is 10.5. The predicted octanol–water partition coefficient (Wildman–Crippen LogP) is 2.28. The molecule has 10 heavy (non-hydrogen) atoms. The van der Waals surface area contributed by atoms with Crippen molar-refractivity contribution in [1.29, 1.82) is 5.26 Å². The van der Waals surface area contributed by atoms with E-state index in [1.54, 1.807) is 18.2 Å². The summed E-state index contributed by atoms with van der Waals surface area (Å²) in [4.78, 5) is 0.826. The second kappa shape index (κ2) is 3.27. The minimum absolute atomic E-state index is 0.697. The molecule has 1 aromatic rings. The van der Waals surface area contributed by atoms with Crippen molar-refractivity contribution in [3.05, 3.63) is 21.3 Å². The smallest absolute Gasteiger partial charge is 0.152 e. The van der Waals surface area contributed by atoms with Crippen molar-refractivity contribution in [2.45, 2.75) is 0 Å². The van der Waals surface area contributed by atoms with Crippen molar-refractivity contribution in [3.63, 3.8) is 0 Å². The summed E-state index contributed by atoms with van der Waals surface area (Å²) in [5.74, 6) is 4.92. The average molecular weight is 168 g/mol. The Labute approximate surface area is 67.9 Å². The summed E-state index contributed by atoms with van der Waals surface area (Å²) in [5, 5.41) is 8.08. The van der Waals surface area contributed by atoms with Crippen LogP contribution in [0.2, 0.25) is 4.34 Å². The van der Waals surface area contributed by atoms with E-state index < -0.39 is 0 Å². The van der Waals surface area contributed by atoms with Crippen LogP contribution in [0.15, 0.2) is 12.1 Å². The van der Waals surface area contributed by atoms with E-state index in [1.807, 2.05) is 0 Å². The van der Waals surface area contributed by atoms with Gasteiger partial charge in [0, 0.05) is 5.92 Å². The summed E-state index contributed by atoms with van der Waals surface area (Å²) in [6.45, 7) is 0. The van der Waals surface area contributed by atoms with Crippen LogP contribution in [-0.4, -0.2) is 0 Å². The lowest BCUT2D eigenvalue weighted by molar-refractivity contribution is 1.55. The fourth-order valence-electron chi connectivity index (χ4n) is 0.471. The Morgan fingerprint density at radius 3 is 2.80 bits per heavy atom. The molecule has 1 nitrogen and oxygen atoms in total. The Balaban J connectivity index is 2.89. The first-order valence-electron chi connectivity index (χ1n) is 2.48. The maximum atomic E-state index is 8.08. The molecule has 0 fully saturated rings. The number of nitrogens with zero attached hydrogens (tertiary/aromatic N) is 1. The van der Waals surface area contributed by atoms with Gasteiger partial charge in [-0.1, -0.05) is 11.6 Å². The molecule has 0 aromatic carbocycles. The van der Waals surface area contributed by atoms with Crippen molar-refractivity contribution in [2.24, 2.45) is 0 Å². The quantitative estimate of drug-likeness (QED) is 0.544. The second-order valence-corrected chi connectivity index (χ2v) is 3.18. The molecule has 3 heteroatoms. The van der Waals surface area contributed by atoms with Gasteiger partial charge in [0.15, 0.2) is 6.07 Å². The van der Waals surface area contributed by atoms with Gasteiger partial charge in [0.25, 0.3) is 0 Å². The fraction of sp³-hybridized carbons (Fsp3) is 0. The van der Waals surface area contributed by atoms with Gasteiger partial charge >= 0.3 is 0 Å². The zero-order valence-electron chi connectivity index (χ0n) is 4.89. The molecule has 0 N–H and O–H groups in total. The first-order valence-corrected chi connectivity index (χ1v) is 3.68. The van der Waals surface area contributed by atoms with E-state index in [9.17, 15) is 0 Å². The molecule has 48 valence electrons. The first kappa shape index (κ1) is 7.15. The van der Waals surface area contributed by atoms with Gasteiger partial charge in [0.05, 0.1) is 9.21 Å². The zero-order valence-corrected chi connectivity index (χ0v) is 6.46. The third kappa shape index (κ3) is 1.77. The number of hydrogen-bond donors (Lipinski definition) is 0. The maximum Gasteiger partial charge on any atom is 0.152 e. The minimum Gasteiger partial charge on any atom is -0.183 e.